The van der Waals surface area contributed by atoms with Crippen molar-refractivity contribution in [3.8, 4) is 0 Å². The number of anilines is 2. The Balaban J connectivity index is 1.73. The van der Waals surface area contributed by atoms with E-state index in [1.54, 1.807) is 5.38 Å². The lowest BCUT2D eigenvalue weighted by Gasteiger charge is -2.27. The summed E-state index contributed by atoms with van der Waals surface area (Å²) in [6.07, 6.45) is 2.40. The first-order valence-corrected chi connectivity index (χ1v) is 10.1. The topological polar surface area (TPSA) is 83.1 Å². The van der Waals surface area contributed by atoms with E-state index >= 15 is 0 Å². The summed E-state index contributed by atoms with van der Waals surface area (Å²) in [7, 11) is -4.08. The van der Waals surface area contributed by atoms with Crippen LogP contribution in [0.15, 0.2) is 28.6 Å². The molecule has 130 valence electrons. The number of thiazole rings is 1. The molecule has 0 saturated carbocycles. The summed E-state index contributed by atoms with van der Waals surface area (Å²) < 4.78 is 41.0. The van der Waals surface area contributed by atoms with Crippen molar-refractivity contribution in [3.05, 3.63) is 34.5 Å². The van der Waals surface area contributed by atoms with E-state index in [9.17, 15) is 12.8 Å². The summed E-state index contributed by atoms with van der Waals surface area (Å²) in [5, 5.41) is 8.17. The fraction of sp³-hybridized carbons (Fsp3) is 0.357. The maximum Gasteiger partial charge on any atom is 0.266 e. The first kappa shape index (κ1) is 17.4. The summed E-state index contributed by atoms with van der Waals surface area (Å²) in [6, 6.07) is 2.22. The summed E-state index contributed by atoms with van der Waals surface area (Å²) in [5.74, 6) is -0.250. The number of nitrogens with zero attached hydrogens (tertiary/aromatic N) is 1. The lowest BCUT2D eigenvalue weighted by Crippen LogP contribution is -2.42. The molecular formula is C14H16ClFN4O2S2. The van der Waals surface area contributed by atoms with Crippen LogP contribution in [0.2, 0.25) is 5.02 Å². The third-order valence-electron chi connectivity index (χ3n) is 3.70. The second kappa shape index (κ2) is 7.22. The van der Waals surface area contributed by atoms with Crippen molar-refractivity contribution in [3.63, 3.8) is 0 Å². The Morgan fingerprint density at radius 1 is 1.42 bits per heavy atom. The SMILES string of the molecule is O=S(=O)(Nc1nccs1)c1cc(Cl)c(NCCC2CNC2)cc1F. The number of hydrogen-bond acceptors (Lipinski definition) is 6. The molecule has 6 nitrogen and oxygen atoms in total. The van der Waals surface area contributed by atoms with Crippen molar-refractivity contribution >= 4 is 43.8 Å². The van der Waals surface area contributed by atoms with Crippen LogP contribution in [0, 0.1) is 11.7 Å². The Labute approximate surface area is 148 Å². The molecule has 3 N–H and O–H groups in total. The van der Waals surface area contributed by atoms with Gasteiger partial charge in [0, 0.05) is 18.1 Å². The number of rotatable bonds is 7. The molecule has 24 heavy (non-hydrogen) atoms. The Morgan fingerprint density at radius 2 is 2.21 bits per heavy atom. The van der Waals surface area contributed by atoms with E-state index in [-0.39, 0.29) is 10.2 Å². The van der Waals surface area contributed by atoms with E-state index in [0.29, 0.717) is 18.2 Å². The summed E-state index contributed by atoms with van der Waals surface area (Å²) >= 11 is 7.21. The molecule has 2 aromatic rings. The first-order chi connectivity index (χ1) is 11.5. The second-order valence-corrected chi connectivity index (χ2v) is 8.40. The third kappa shape index (κ3) is 3.97. The van der Waals surface area contributed by atoms with Gasteiger partial charge in [-0.1, -0.05) is 11.6 Å². The predicted molar refractivity (Wildman–Crippen MR) is 93.8 cm³/mol. The molecule has 0 aliphatic carbocycles. The van der Waals surface area contributed by atoms with Crippen molar-refractivity contribution in [1.29, 1.82) is 0 Å². The smallest absolute Gasteiger partial charge is 0.266 e. The average Bonchev–Trinajstić information content (AvgIpc) is 2.96. The molecule has 1 aromatic heterocycles. The van der Waals surface area contributed by atoms with Crippen LogP contribution in [-0.2, 0) is 10.0 Å². The van der Waals surface area contributed by atoms with Gasteiger partial charge in [0.2, 0.25) is 0 Å². The maximum absolute atomic E-state index is 14.3. The Kier molecular flexibility index (Phi) is 5.24. The van der Waals surface area contributed by atoms with Gasteiger partial charge in [-0.05, 0) is 37.6 Å². The number of sulfonamides is 1. The van der Waals surface area contributed by atoms with Gasteiger partial charge < -0.3 is 10.6 Å². The van der Waals surface area contributed by atoms with E-state index in [0.717, 1.165) is 43.0 Å². The first-order valence-electron chi connectivity index (χ1n) is 7.31. The summed E-state index contributed by atoms with van der Waals surface area (Å²) in [4.78, 5) is 3.32. The van der Waals surface area contributed by atoms with Crippen molar-refractivity contribution < 1.29 is 12.8 Å². The fourth-order valence-corrected chi connectivity index (χ4v) is 4.45. The van der Waals surface area contributed by atoms with Crippen molar-refractivity contribution in [1.82, 2.24) is 10.3 Å². The highest BCUT2D eigenvalue weighted by molar-refractivity contribution is 7.93. The van der Waals surface area contributed by atoms with Gasteiger partial charge in [0.05, 0.1) is 10.7 Å². The quantitative estimate of drug-likeness (QED) is 0.677. The highest BCUT2D eigenvalue weighted by Gasteiger charge is 2.22. The van der Waals surface area contributed by atoms with E-state index in [1.807, 2.05) is 0 Å². The normalized spacial score (nSPS) is 15.1. The number of aromatic nitrogens is 1. The average molecular weight is 391 g/mol. The van der Waals surface area contributed by atoms with E-state index in [2.05, 4.69) is 20.3 Å². The van der Waals surface area contributed by atoms with Gasteiger partial charge in [-0.15, -0.1) is 11.3 Å². The predicted octanol–water partition coefficient (Wildman–Crippen LogP) is 2.76. The van der Waals surface area contributed by atoms with E-state index in [4.69, 9.17) is 11.6 Å². The van der Waals surface area contributed by atoms with Crippen LogP contribution in [0.25, 0.3) is 0 Å². The second-order valence-electron chi connectivity index (χ2n) is 5.44. The molecule has 3 rings (SSSR count). The van der Waals surface area contributed by atoms with Gasteiger partial charge >= 0.3 is 0 Å². The molecule has 2 heterocycles. The lowest BCUT2D eigenvalue weighted by atomic mass is 9.99. The molecule has 0 atom stereocenters. The molecule has 0 amide bonds. The number of hydrogen-bond donors (Lipinski definition) is 3. The van der Waals surface area contributed by atoms with Crippen LogP contribution < -0.4 is 15.4 Å². The zero-order chi connectivity index (χ0) is 17.2. The van der Waals surface area contributed by atoms with Crippen LogP contribution in [0.5, 0.6) is 0 Å². The molecule has 0 radical (unpaired) electrons. The molecule has 1 fully saturated rings. The van der Waals surface area contributed by atoms with Gasteiger partial charge in [-0.25, -0.2) is 17.8 Å². The Bertz CT molecular complexity index is 810. The van der Waals surface area contributed by atoms with Crippen LogP contribution in [-0.4, -0.2) is 33.0 Å². The summed E-state index contributed by atoms with van der Waals surface area (Å²) in [5.41, 5.74) is 0.384. The van der Waals surface area contributed by atoms with E-state index < -0.39 is 20.7 Å². The molecule has 0 spiro atoms. The van der Waals surface area contributed by atoms with Crippen LogP contribution >= 0.6 is 22.9 Å². The largest absolute Gasteiger partial charge is 0.384 e. The standard InChI is InChI=1S/C14H16ClFN4O2S2/c15-10-5-13(24(21,22)20-14-19-3-4-23-14)11(16)6-12(10)18-2-1-9-7-17-8-9/h3-6,9,17-18H,1-2,7-8H2,(H,19,20). The Morgan fingerprint density at radius 3 is 2.83 bits per heavy atom. The number of benzene rings is 1. The van der Waals surface area contributed by atoms with Crippen LogP contribution in [0.1, 0.15) is 6.42 Å². The monoisotopic (exact) mass is 390 g/mol. The lowest BCUT2D eigenvalue weighted by molar-refractivity contribution is 0.334. The molecule has 1 aliphatic heterocycles. The third-order valence-corrected chi connectivity index (χ3v) is 6.18. The van der Waals surface area contributed by atoms with Gasteiger partial charge in [0.1, 0.15) is 10.7 Å². The Hall–Kier alpha value is -1.42. The van der Waals surface area contributed by atoms with Gasteiger partial charge in [0.15, 0.2) is 5.13 Å². The summed E-state index contributed by atoms with van der Waals surface area (Å²) in [6.45, 7) is 2.63. The molecule has 0 unspecified atom stereocenters. The molecular weight excluding hydrogens is 375 g/mol. The van der Waals surface area contributed by atoms with Crippen molar-refractivity contribution in [2.75, 3.05) is 29.7 Å². The highest BCUT2D eigenvalue weighted by atomic mass is 35.5. The van der Waals surface area contributed by atoms with Gasteiger partial charge in [0.25, 0.3) is 10.0 Å². The van der Waals surface area contributed by atoms with Crippen LogP contribution in [0.4, 0.5) is 15.2 Å². The molecule has 1 aliphatic rings. The molecule has 10 heteroatoms. The zero-order valence-electron chi connectivity index (χ0n) is 12.6. The maximum atomic E-state index is 14.3. The van der Waals surface area contributed by atoms with E-state index in [1.165, 1.54) is 6.20 Å². The molecule has 1 aromatic carbocycles. The minimum Gasteiger partial charge on any atom is -0.384 e. The van der Waals surface area contributed by atoms with Gasteiger partial charge in [-0.2, -0.15) is 0 Å². The number of halogens is 2. The molecule has 1 saturated heterocycles. The zero-order valence-corrected chi connectivity index (χ0v) is 14.9. The van der Waals surface area contributed by atoms with Crippen molar-refractivity contribution in [2.45, 2.75) is 11.3 Å². The fourth-order valence-electron chi connectivity index (χ4n) is 2.28. The van der Waals surface area contributed by atoms with Crippen molar-refractivity contribution in [2.24, 2.45) is 5.92 Å². The molecule has 0 bridgehead atoms. The minimum absolute atomic E-state index is 0.155. The highest BCUT2D eigenvalue weighted by Crippen LogP contribution is 2.29. The van der Waals surface area contributed by atoms with Gasteiger partial charge in [-0.3, -0.25) is 4.72 Å². The van der Waals surface area contributed by atoms with Crippen LogP contribution in [0.3, 0.4) is 0 Å². The minimum atomic E-state index is -4.08. The number of nitrogens with one attached hydrogen (secondary N) is 3.